The van der Waals surface area contributed by atoms with Crippen LogP contribution in [0.25, 0.3) is 0 Å². The lowest BCUT2D eigenvalue weighted by molar-refractivity contribution is -0.123. The van der Waals surface area contributed by atoms with Gasteiger partial charge in [-0.15, -0.1) is 0 Å². The molecule has 104 valence electrons. The highest BCUT2D eigenvalue weighted by Crippen LogP contribution is 2.48. The Labute approximate surface area is 115 Å². The van der Waals surface area contributed by atoms with Gasteiger partial charge < -0.3 is 10.4 Å². The first-order valence-corrected chi connectivity index (χ1v) is 7.00. The number of amides is 1. The predicted octanol–water partition coefficient (Wildman–Crippen LogP) is 2.38. The van der Waals surface area contributed by atoms with Gasteiger partial charge in [-0.3, -0.25) is 4.79 Å². The summed E-state index contributed by atoms with van der Waals surface area (Å²) in [5.41, 5.74) is 1.73. The Kier molecular flexibility index (Phi) is 3.95. The van der Waals surface area contributed by atoms with Crippen molar-refractivity contribution in [2.24, 2.45) is 5.92 Å². The Morgan fingerprint density at radius 2 is 2.16 bits per heavy atom. The number of carbonyl (C=O) groups is 1. The molecule has 1 aliphatic carbocycles. The molecular weight excluding hydrogens is 238 g/mol. The summed E-state index contributed by atoms with van der Waals surface area (Å²) in [5, 5.41) is 12.8. The number of nitrogens with one attached hydrogen (secondary N) is 1. The molecule has 0 aliphatic heterocycles. The fourth-order valence-corrected chi connectivity index (χ4v) is 2.36. The molecule has 0 saturated heterocycles. The largest absolute Gasteiger partial charge is 0.388 e. The van der Waals surface area contributed by atoms with Crippen LogP contribution in [-0.4, -0.2) is 23.2 Å². The summed E-state index contributed by atoms with van der Waals surface area (Å²) in [4.78, 5) is 12.0. The zero-order valence-corrected chi connectivity index (χ0v) is 11.9. The van der Waals surface area contributed by atoms with Crippen LogP contribution in [0, 0.1) is 12.8 Å². The molecule has 1 aromatic carbocycles. The predicted molar refractivity (Wildman–Crippen MR) is 76.0 cm³/mol. The molecule has 0 aromatic heterocycles. The number of carbonyl (C=O) groups excluding carboxylic acids is 1. The van der Waals surface area contributed by atoms with Crippen molar-refractivity contribution in [3.05, 3.63) is 35.4 Å². The van der Waals surface area contributed by atoms with E-state index in [1.807, 2.05) is 19.1 Å². The number of aliphatic hydroxyl groups is 1. The first-order valence-electron chi connectivity index (χ1n) is 7.00. The third kappa shape index (κ3) is 3.35. The van der Waals surface area contributed by atoms with Crippen LogP contribution in [0.4, 0.5) is 0 Å². The van der Waals surface area contributed by atoms with E-state index in [1.165, 1.54) is 11.1 Å². The van der Waals surface area contributed by atoms with Crippen LogP contribution in [0.2, 0.25) is 0 Å². The maximum atomic E-state index is 12.0. The Morgan fingerprint density at radius 3 is 2.79 bits per heavy atom. The summed E-state index contributed by atoms with van der Waals surface area (Å²) in [6.45, 7) is 6.09. The van der Waals surface area contributed by atoms with E-state index in [4.69, 9.17) is 0 Å². The summed E-state index contributed by atoms with van der Waals surface area (Å²) >= 11 is 0. The molecule has 1 aromatic rings. The summed E-state index contributed by atoms with van der Waals surface area (Å²) < 4.78 is 0. The normalized spacial score (nSPS) is 24.6. The van der Waals surface area contributed by atoms with Crippen LogP contribution in [0.5, 0.6) is 0 Å². The van der Waals surface area contributed by atoms with E-state index in [0.29, 0.717) is 18.9 Å². The highest BCUT2D eigenvalue weighted by molar-refractivity contribution is 5.83. The molecule has 3 heteroatoms. The zero-order chi connectivity index (χ0) is 14.0. The minimum absolute atomic E-state index is 0.0713. The molecule has 1 saturated carbocycles. The van der Waals surface area contributed by atoms with Crippen molar-refractivity contribution in [2.45, 2.75) is 45.1 Å². The summed E-state index contributed by atoms with van der Waals surface area (Å²) in [7, 11) is 0. The van der Waals surface area contributed by atoms with Crippen molar-refractivity contribution in [1.82, 2.24) is 5.32 Å². The molecule has 0 spiro atoms. The minimum atomic E-state index is -0.803. The van der Waals surface area contributed by atoms with E-state index in [0.717, 1.165) is 6.42 Å². The monoisotopic (exact) mass is 261 g/mol. The second kappa shape index (κ2) is 5.33. The molecule has 1 fully saturated rings. The lowest BCUT2D eigenvalue weighted by atomic mass is 10.0. The highest BCUT2D eigenvalue weighted by Gasteiger charge is 2.44. The molecule has 19 heavy (non-hydrogen) atoms. The molecule has 2 rings (SSSR count). The number of rotatable bonds is 5. The SMILES string of the molecule is CC[C@](C)(O)CNC(=O)[C@H]1C[C@H]1c1ccccc1C. The molecular formula is C16H23NO2. The van der Waals surface area contributed by atoms with Gasteiger partial charge in [-0.05, 0) is 43.7 Å². The van der Waals surface area contributed by atoms with Crippen molar-refractivity contribution in [2.75, 3.05) is 6.54 Å². The Hall–Kier alpha value is -1.35. The zero-order valence-electron chi connectivity index (χ0n) is 11.9. The standard InChI is InChI=1S/C16H23NO2/c1-4-16(3,19)10-17-15(18)14-9-13(14)12-8-6-5-7-11(12)2/h5-8,13-14,19H,4,9-10H2,1-3H3,(H,17,18)/t13-,14-,16-/m0/s1. The van der Waals surface area contributed by atoms with Gasteiger partial charge in [0.1, 0.15) is 0 Å². The van der Waals surface area contributed by atoms with Gasteiger partial charge in [-0.25, -0.2) is 0 Å². The van der Waals surface area contributed by atoms with Crippen LogP contribution in [-0.2, 0) is 4.79 Å². The lowest BCUT2D eigenvalue weighted by Crippen LogP contribution is -2.40. The molecule has 1 aliphatic rings. The number of benzene rings is 1. The maximum absolute atomic E-state index is 12.0. The van der Waals surface area contributed by atoms with E-state index in [2.05, 4.69) is 24.4 Å². The van der Waals surface area contributed by atoms with Crippen molar-refractivity contribution in [3.8, 4) is 0 Å². The number of hydrogen-bond acceptors (Lipinski definition) is 2. The van der Waals surface area contributed by atoms with Crippen LogP contribution in [0.1, 0.15) is 43.7 Å². The number of aryl methyl sites for hydroxylation is 1. The Bertz CT molecular complexity index is 468. The minimum Gasteiger partial charge on any atom is -0.388 e. The average Bonchev–Trinajstić information content (AvgIpc) is 3.17. The van der Waals surface area contributed by atoms with Gasteiger partial charge in [-0.2, -0.15) is 0 Å². The molecule has 2 N–H and O–H groups in total. The molecule has 0 bridgehead atoms. The number of hydrogen-bond donors (Lipinski definition) is 2. The Balaban J connectivity index is 1.89. The van der Waals surface area contributed by atoms with Crippen molar-refractivity contribution in [3.63, 3.8) is 0 Å². The molecule has 0 heterocycles. The van der Waals surface area contributed by atoms with Crippen molar-refractivity contribution < 1.29 is 9.90 Å². The first kappa shape index (κ1) is 14.1. The van der Waals surface area contributed by atoms with E-state index < -0.39 is 5.60 Å². The van der Waals surface area contributed by atoms with Gasteiger partial charge in [0.15, 0.2) is 0 Å². The molecule has 3 atom stereocenters. The maximum Gasteiger partial charge on any atom is 0.223 e. The molecule has 0 unspecified atom stereocenters. The topological polar surface area (TPSA) is 49.3 Å². The van der Waals surface area contributed by atoms with Crippen LogP contribution >= 0.6 is 0 Å². The van der Waals surface area contributed by atoms with Gasteiger partial charge in [0.25, 0.3) is 0 Å². The first-order chi connectivity index (χ1) is 8.94. The average molecular weight is 261 g/mol. The van der Waals surface area contributed by atoms with Gasteiger partial charge in [0.05, 0.1) is 5.60 Å². The quantitative estimate of drug-likeness (QED) is 0.855. The Morgan fingerprint density at radius 1 is 1.47 bits per heavy atom. The second-order valence-corrected chi connectivity index (χ2v) is 5.87. The van der Waals surface area contributed by atoms with Gasteiger partial charge in [0, 0.05) is 12.5 Å². The lowest BCUT2D eigenvalue weighted by Gasteiger charge is -2.21. The van der Waals surface area contributed by atoms with E-state index in [9.17, 15) is 9.90 Å². The smallest absolute Gasteiger partial charge is 0.223 e. The summed E-state index contributed by atoms with van der Waals surface area (Å²) in [5.74, 6) is 0.503. The second-order valence-electron chi connectivity index (χ2n) is 5.87. The van der Waals surface area contributed by atoms with Crippen LogP contribution in [0.15, 0.2) is 24.3 Å². The van der Waals surface area contributed by atoms with Gasteiger partial charge >= 0.3 is 0 Å². The third-order valence-electron chi connectivity index (χ3n) is 4.12. The van der Waals surface area contributed by atoms with E-state index in [1.54, 1.807) is 6.92 Å². The molecule has 1 amide bonds. The highest BCUT2D eigenvalue weighted by atomic mass is 16.3. The summed E-state index contributed by atoms with van der Waals surface area (Å²) in [6, 6.07) is 8.24. The fourth-order valence-electron chi connectivity index (χ4n) is 2.36. The van der Waals surface area contributed by atoms with Crippen molar-refractivity contribution >= 4 is 5.91 Å². The van der Waals surface area contributed by atoms with E-state index in [-0.39, 0.29) is 11.8 Å². The van der Waals surface area contributed by atoms with Crippen molar-refractivity contribution in [1.29, 1.82) is 0 Å². The summed E-state index contributed by atoms with van der Waals surface area (Å²) in [6.07, 6.45) is 1.56. The fraction of sp³-hybridized carbons (Fsp3) is 0.562. The van der Waals surface area contributed by atoms with Crippen LogP contribution in [0.3, 0.4) is 0 Å². The molecule has 3 nitrogen and oxygen atoms in total. The van der Waals surface area contributed by atoms with E-state index >= 15 is 0 Å². The third-order valence-corrected chi connectivity index (χ3v) is 4.12. The van der Waals surface area contributed by atoms with Gasteiger partial charge in [-0.1, -0.05) is 31.2 Å². The van der Waals surface area contributed by atoms with Gasteiger partial charge in [0.2, 0.25) is 5.91 Å². The molecule has 0 radical (unpaired) electrons. The van der Waals surface area contributed by atoms with Crippen LogP contribution < -0.4 is 5.32 Å².